The van der Waals surface area contributed by atoms with Crippen LogP contribution < -0.4 is 14.8 Å². The number of methoxy groups -OCH3 is 2. The van der Waals surface area contributed by atoms with Gasteiger partial charge in [0.1, 0.15) is 0 Å². The van der Waals surface area contributed by atoms with Gasteiger partial charge in [0.15, 0.2) is 11.5 Å². The van der Waals surface area contributed by atoms with E-state index in [4.69, 9.17) is 21.1 Å². The molecule has 1 unspecified atom stereocenters. The van der Waals surface area contributed by atoms with E-state index in [0.29, 0.717) is 28.6 Å². The highest BCUT2D eigenvalue weighted by Gasteiger charge is 2.20. The van der Waals surface area contributed by atoms with Crippen molar-refractivity contribution in [2.45, 2.75) is 19.3 Å². The van der Waals surface area contributed by atoms with Crippen LogP contribution in [0.1, 0.15) is 24.8 Å². The molecule has 1 atom stereocenters. The van der Waals surface area contributed by atoms with Gasteiger partial charge in [0.05, 0.1) is 30.8 Å². The van der Waals surface area contributed by atoms with Gasteiger partial charge in [0, 0.05) is 12.1 Å². The number of carbonyl (C=O) groups excluding carboxylic acids is 1. The predicted molar refractivity (Wildman–Crippen MR) is 92.7 cm³/mol. The minimum atomic E-state index is -0.236. The van der Waals surface area contributed by atoms with Crippen LogP contribution in [0.3, 0.4) is 0 Å². The molecule has 2 rings (SSSR count). The zero-order chi connectivity index (χ0) is 16.8. The molecule has 0 saturated heterocycles. The van der Waals surface area contributed by atoms with E-state index < -0.39 is 0 Å². The number of carbonyl (C=O) groups is 1. The summed E-state index contributed by atoms with van der Waals surface area (Å²) in [6, 6.07) is 13.0. The van der Waals surface area contributed by atoms with Crippen LogP contribution in [-0.2, 0) is 4.79 Å². The molecule has 5 heteroatoms. The summed E-state index contributed by atoms with van der Waals surface area (Å²) in [7, 11) is 3.07. The molecule has 1 N–H and O–H groups in total. The molecule has 0 aliphatic rings. The smallest absolute Gasteiger partial charge is 0.231 e. The molecule has 0 spiro atoms. The molecule has 4 nitrogen and oxygen atoms in total. The lowest BCUT2D eigenvalue weighted by molar-refractivity contribution is -0.117. The van der Waals surface area contributed by atoms with E-state index >= 15 is 0 Å². The number of rotatable bonds is 6. The molecule has 0 aliphatic carbocycles. The molecule has 1 amide bonds. The largest absolute Gasteiger partial charge is 0.493 e. The fourth-order valence-corrected chi connectivity index (χ4v) is 2.63. The third-order valence-corrected chi connectivity index (χ3v) is 3.97. The van der Waals surface area contributed by atoms with E-state index in [1.165, 1.54) is 14.2 Å². The fraction of sp³-hybridized carbons (Fsp3) is 0.278. The van der Waals surface area contributed by atoms with Crippen molar-refractivity contribution in [2.24, 2.45) is 0 Å². The van der Waals surface area contributed by atoms with Crippen LogP contribution in [0.2, 0.25) is 5.02 Å². The Hall–Kier alpha value is -2.20. The van der Waals surface area contributed by atoms with Crippen LogP contribution >= 0.6 is 11.6 Å². The molecule has 0 saturated carbocycles. The number of nitrogens with one attached hydrogen (secondary N) is 1. The van der Waals surface area contributed by atoms with E-state index in [2.05, 4.69) is 5.32 Å². The number of benzene rings is 2. The second kappa shape index (κ2) is 7.88. The summed E-state index contributed by atoms with van der Waals surface area (Å²) in [6.45, 7) is 1.98. The lowest BCUT2D eigenvalue weighted by atomic mass is 9.95. The zero-order valence-corrected chi connectivity index (χ0v) is 14.2. The number of hydrogen-bond donors (Lipinski definition) is 1. The van der Waals surface area contributed by atoms with Gasteiger partial charge in [-0.2, -0.15) is 0 Å². The highest BCUT2D eigenvalue weighted by atomic mass is 35.5. The summed E-state index contributed by atoms with van der Waals surface area (Å²) in [5, 5.41) is 3.28. The molecule has 0 aromatic heterocycles. The van der Waals surface area contributed by atoms with Gasteiger partial charge in [-0.05, 0) is 12.0 Å². The molecular formula is C18H20ClNO3. The first-order valence-electron chi connectivity index (χ1n) is 7.38. The SMILES string of the molecule is CCC(C(=O)Nc1cc(OC)c(OC)cc1Cl)c1ccccc1. The van der Waals surface area contributed by atoms with Crippen molar-refractivity contribution in [1.82, 2.24) is 0 Å². The maximum absolute atomic E-state index is 12.6. The first kappa shape index (κ1) is 17.2. The van der Waals surface area contributed by atoms with Gasteiger partial charge in [-0.25, -0.2) is 0 Å². The van der Waals surface area contributed by atoms with Gasteiger partial charge < -0.3 is 14.8 Å². The van der Waals surface area contributed by atoms with Gasteiger partial charge in [-0.3, -0.25) is 4.79 Å². The fourth-order valence-electron chi connectivity index (χ4n) is 2.43. The molecule has 2 aromatic rings. The Bertz CT molecular complexity index is 673. The van der Waals surface area contributed by atoms with Crippen molar-refractivity contribution in [3.05, 3.63) is 53.1 Å². The number of halogens is 1. The topological polar surface area (TPSA) is 47.6 Å². The van der Waals surface area contributed by atoms with Crippen LogP contribution in [0.25, 0.3) is 0 Å². The first-order valence-corrected chi connectivity index (χ1v) is 7.75. The zero-order valence-electron chi connectivity index (χ0n) is 13.4. The Labute approximate surface area is 141 Å². The second-order valence-electron chi connectivity index (χ2n) is 5.05. The van der Waals surface area contributed by atoms with Crippen molar-refractivity contribution in [2.75, 3.05) is 19.5 Å². The first-order chi connectivity index (χ1) is 11.1. The highest BCUT2D eigenvalue weighted by molar-refractivity contribution is 6.34. The molecule has 23 heavy (non-hydrogen) atoms. The molecule has 0 fully saturated rings. The highest BCUT2D eigenvalue weighted by Crippen LogP contribution is 2.36. The average molecular weight is 334 g/mol. The van der Waals surface area contributed by atoms with Crippen molar-refractivity contribution in [1.29, 1.82) is 0 Å². The van der Waals surface area contributed by atoms with Gasteiger partial charge in [-0.15, -0.1) is 0 Å². The van der Waals surface area contributed by atoms with Crippen LogP contribution in [0.4, 0.5) is 5.69 Å². The summed E-state index contributed by atoms with van der Waals surface area (Å²) in [6.07, 6.45) is 0.695. The maximum atomic E-state index is 12.6. The van der Waals surface area contributed by atoms with E-state index in [-0.39, 0.29) is 11.8 Å². The van der Waals surface area contributed by atoms with Crippen LogP contribution in [0.5, 0.6) is 11.5 Å². The lowest BCUT2D eigenvalue weighted by Gasteiger charge is -2.17. The Kier molecular flexibility index (Phi) is 5.88. The van der Waals surface area contributed by atoms with Crippen molar-refractivity contribution in [3.63, 3.8) is 0 Å². The number of hydrogen-bond acceptors (Lipinski definition) is 3. The Morgan fingerprint density at radius 3 is 2.30 bits per heavy atom. The second-order valence-corrected chi connectivity index (χ2v) is 5.46. The summed E-state index contributed by atoms with van der Waals surface area (Å²) in [5.41, 5.74) is 1.48. The monoisotopic (exact) mass is 333 g/mol. The standard InChI is InChI=1S/C18H20ClNO3/c1-4-13(12-8-6-5-7-9-12)18(21)20-15-11-17(23-3)16(22-2)10-14(15)19/h5-11,13H,4H2,1-3H3,(H,20,21). The van der Waals surface area contributed by atoms with E-state index in [9.17, 15) is 4.79 Å². The normalized spacial score (nSPS) is 11.7. The quantitative estimate of drug-likeness (QED) is 0.847. The van der Waals surface area contributed by atoms with Crippen LogP contribution in [0, 0.1) is 0 Å². The Morgan fingerprint density at radius 2 is 1.74 bits per heavy atom. The molecule has 122 valence electrons. The van der Waals surface area contributed by atoms with Crippen molar-refractivity contribution in [3.8, 4) is 11.5 Å². The van der Waals surface area contributed by atoms with E-state index in [0.717, 1.165) is 5.56 Å². The van der Waals surface area contributed by atoms with E-state index in [1.807, 2.05) is 37.3 Å². The summed E-state index contributed by atoms with van der Waals surface area (Å²) >= 11 is 6.22. The minimum Gasteiger partial charge on any atom is -0.493 e. The lowest BCUT2D eigenvalue weighted by Crippen LogP contribution is -2.21. The molecule has 0 bridgehead atoms. The van der Waals surface area contributed by atoms with Gasteiger partial charge in [-0.1, -0.05) is 48.9 Å². The minimum absolute atomic E-state index is 0.104. The molecule has 2 aromatic carbocycles. The molecule has 0 aliphatic heterocycles. The Morgan fingerprint density at radius 1 is 1.13 bits per heavy atom. The number of anilines is 1. The van der Waals surface area contributed by atoms with Crippen LogP contribution in [0.15, 0.2) is 42.5 Å². The third-order valence-electron chi connectivity index (χ3n) is 3.66. The average Bonchev–Trinajstić information content (AvgIpc) is 2.58. The van der Waals surface area contributed by atoms with Crippen molar-refractivity contribution < 1.29 is 14.3 Å². The molecule has 0 radical (unpaired) electrons. The summed E-state index contributed by atoms with van der Waals surface area (Å²) < 4.78 is 10.4. The van der Waals surface area contributed by atoms with E-state index in [1.54, 1.807) is 12.1 Å². The summed E-state index contributed by atoms with van der Waals surface area (Å²) in [5.74, 6) is 0.693. The van der Waals surface area contributed by atoms with Gasteiger partial charge >= 0.3 is 0 Å². The van der Waals surface area contributed by atoms with Gasteiger partial charge in [0.2, 0.25) is 5.91 Å². The third kappa shape index (κ3) is 3.96. The van der Waals surface area contributed by atoms with Crippen molar-refractivity contribution >= 4 is 23.2 Å². The summed E-state index contributed by atoms with van der Waals surface area (Å²) in [4.78, 5) is 12.6. The number of amides is 1. The predicted octanol–water partition coefficient (Wildman–Crippen LogP) is 4.49. The Balaban J connectivity index is 2.25. The van der Waals surface area contributed by atoms with Crippen LogP contribution in [-0.4, -0.2) is 20.1 Å². The van der Waals surface area contributed by atoms with Gasteiger partial charge in [0.25, 0.3) is 0 Å². The number of ether oxygens (including phenoxy) is 2. The molecular weight excluding hydrogens is 314 g/mol. The maximum Gasteiger partial charge on any atom is 0.231 e. The molecule has 0 heterocycles.